The Balaban J connectivity index is 1.99. The van der Waals surface area contributed by atoms with Crippen LogP contribution in [0.5, 0.6) is 0 Å². The summed E-state index contributed by atoms with van der Waals surface area (Å²) in [5, 5.41) is 0. The van der Waals surface area contributed by atoms with Crippen molar-refractivity contribution in [3.63, 3.8) is 0 Å². The van der Waals surface area contributed by atoms with Gasteiger partial charge in [-0.25, -0.2) is 4.98 Å². The largest absolute Gasteiger partial charge is 0.332 e. The number of hydrogen-bond acceptors (Lipinski definition) is 1. The standard InChI is InChI=1S/C38H74N2/c1-5-7-9-11-13-15-17-19-20-21-22-24-26-28-30-32-36(3)38-39-34-35-40(38)37(4)33-31-29-27-25-23-18-16-14-12-10-8-6-2/h34-37H,5-33H2,1-4H3. The van der Waals surface area contributed by atoms with Crippen molar-refractivity contribution in [2.75, 3.05) is 0 Å². The quantitative estimate of drug-likeness (QED) is 0.0828. The molecule has 0 radical (unpaired) electrons. The van der Waals surface area contributed by atoms with Crippen LogP contribution in [-0.2, 0) is 0 Å². The summed E-state index contributed by atoms with van der Waals surface area (Å²) < 4.78 is 2.49. The van der Waals surface area contributed by atoms with Crippen LogP contribution >= 0.6 is 0 Å². The highest BCUT2D eigenvalue weighted by atomic mass is 15.1. The predicted octanol–water partition coefficient (Wildman–Crippen LogP) is 13.9. The normalized spacial score (nSPS) is 13.2. The molecule has 0 N–H and O–H groups in total. The summed E-state index contributed by atoms with van der Waals surface area (Å²) in [6.07, 6.45) is 45.6. The third kappa shape index (κ3) is 21.0. The van der Waals surface area contributed by atoms with Crippen molar-refractivity contribution in [1.29, 1.82) is 0 Å². The van der Waals surface area contributed by atoms with Crippen LogP contribution in [0.4, 0.5) is 0 Å². The van der Waals surface area contributed by atoms with Gasteiger partial charge in [-0.2, -0.15) is 0 Å². The highest BCUT2D eigenvalue weighted by Gasteiger charge is 2.15. The predicted molar refractivity (Wildman–Crippen MR) is 181 cm³/mol. The number of unbranched alkanes of at least 4 members (excludes halogenated alkanes) is 25. The molecular weight excluding hydrogens is 484 g/mol. The molecule has 1 heterocycles. The molecular formula is C38H74N2. The van der Waals surface area contributed by atoms with Gasteiger partial charge in [-0.3, -0.25) is 0 Å². The molecule has 1 rings (SSSR count). The lowest BCUT2D eigenvalue weighted by atomic mass is 9.99. The third-order valence-corrected chi connectivity index (χ3v) is 9.33. The second-order valence-corrected chi connectivity index (χ2v) is 13.4. The van der Waals surface area contributed by atoms with E-state index in [9.17, 15) is 0 Å². The van der Waals surface area contributed by atoms with Gasteiger partial charge in [0.15, 0.2) is 0 Å². The number of imidazole rings is 1. The van der Waals surface area contributed by atoms with Crippen LogP contribution in [0.15, 0.2) is 12.4 Å². The molecule has 236 valence electrons. The van der Waals surface area contributed by atoms with E-state index in [2.05, 4.69) is 38.5 Å². The van der Waals surface area contributed by atoms with E-state index in [1.165, 1.54) is 192 Å². The second kappa shape index (κ2) is 28.3. The molecule has 0 fully saturated rings. The number of hydrogen-bond donors (Lipinski definition) is 0. The number of nitrogens with zero attached hydrogens (tertiary/aromatic N) is 2. The molecule has 0 aliphatic carbocycles. The van der Waals surface area contributed by atoms with Crippen LogP contribution in [-0.4, -0.2) is 9.55 Å². The zero-order valence-corrected chi connectivity index (χ0v) is 28.2. The first-order valence-corrected chi connectivity index (χ1v) is 18.7. The SMILES string of the molecule is CCCCCCCCCCCCCCCCCC(C)c1nccn1C(C)CCCCCCCCCCCCCC. The van der Waals surface area contributed by atoms with Gasteiger partial charge < -0.3 is 4.57 Å². The molecule has 0 aromatic carbocycles. The molecule has 2 atom stereocenters. The number of rotatable bonds is 31. The summed E-state index contributed by atoms with van der Waals surface area (Å²) in [6.45, 7) is 9.42. The van der Waals surface area contributed by atoms with Crippen molar-refractivity contribution in [3.8, 4) is 0 Å². The van der Waals surface area contributed by atoms with E-state index in [4.69, 9.17) is 4.98 Å². The molecule has 2 unspecified atom stereocenters. The molecule has 1 aromatic rings. The number of aromatic nitrogens is 2. The summed E-state index contributed by atoms with van der Waals surface area (Å²) in [7, 11) is 0. The average Bonchev–Trinajstić information content (AvgIpc) is 3.46. The zero-order chi connectivity index (χ0) is 28.9. The maximum Gasteiger partial charge on any atom is 0.111 e. The van der Waals surface area contributed by atoms with Crippen molar-refractivity contribution >= 4 is 0 Å². The first-order chi connectivity index (χ1) is 19.7. The summed E-state index contributed by atoms with van der Waals surface area (Å²) in [5.74, 6) is 1.91. The smallest absolute Gasteiger partial charge is 0.111 e. The minimum Gasteiger partial charge on any atom is -0.332 e. The van der Waals surface area contributed by atoms with Gasteiger partial charge in [-0.15, -0.1) is 0 Å². The molecule has 0 aliphatic heterocycles. The van der Waals surface area contributed by atoms with E-state index >= 15 is 0 Å². The van der Waals surface area contributed by atoms with Gasteiger partial charge in [-0.1, -0.05) is 194 Å². The summed E-state index contributed by atoms with van der Waals surface area (Å²) in [5.41, 5.74) is 0. The zero-order valence-electron chi connectivity index (χ0n) is 28.2. The Morgan fingerprint density at radius 3 is 1.18 bits per heavy atom. The van der Waals surface area contributed by atoms with E-state index in [-0.39, 0.29) is 0 Å². The highest BCUT2D eigenvalue weighted by molar-refractivity contribution is 5.01. The first-order valence-electron chi connectivity index (χ1n) is 18.7. The van der Waals surface area contributed by atoms with Gasteiger partial charge in [0, 0.05) is 24.4 Å². The van der Waals surface area contributed by atoms with Gasteiger partial charge in [0.25, 0.3) is 0 Å². The van der Waals surface area contributed by atoms with Gasteiger partial charge >= 0.3 is 0 Å². The van der Waals surface area contributed by atoms with E-state index < -0.39 is 0 Å². The lowest BCUT2D eigenvalue weighted by Crippen LogP contribution is -2.11. The van der Waals surface area contributed by atoms with Crippen molar-refractivity contribution in [2.24, 2.45) is 0 Å². The molecule has 0 amide bonds. The topological polar surface area (TPSA) is 17.8 Å². The molecule has 0 bridgehead atoms. The van der Waals surface area contributed by atoms with Gasteiger partial charge in [0.05, 0.1) is 0 Å². The van der Waals surface area contributed by atoms with Crippen molar-refractivity contribution in [3.05, 3.63) is 18.2 Å². The van der Waals surface area contributed by atoms with E-state index in [0.717, 1.165) is 0 Å². The van der Waals surface area contributed by atoms with Crippen LogP contribution in [0.2, 0.25) is 0 Å². The molecule has 0 saturated heterocycles. The fourth-order valence-corrected chi connectivity index (χ4v) is 6.45. The van der Waals surface area contributed by atoms with Crippen LogP contribution in [0.25, 0.3) is 0 Å². The van der Waals surface area contributed by atoms with Gasteiger partial charge in [-0.05, 0) is 19.8 Å². The van der Waals surface area contributed by atoms with Crippen LogP contribution in [0.1, 0.15) is 232 Å². The molecule has 0 spiro atoms. The Bertz CT molecular complexity index is 621. The first kappa shape index (κ1) is 37.2. The van der Waals surface area contributed by atoms with Crippen LogP contribution in [0, 0.1) is 0 Å². The minimum absolute atomic E-state index is 0.585. The molecule has 2 heteroatoms. The molecule has 0 aliphatic rings. The monoisotopic (exact) mass is 559 g/mol. The molecule has 40 heavy (non-hydrogen) atoms. The van der Waals surface area contributed by atoms with Gasteiger partial charge in [0.1, 0.15) is 5.82 Å². The third-order valence-electron chi connectivity index (χ3n) is 9.33. The maximum absolute atomic E-state index is 4.80. The van der Waals surface area contributed by atoms with E-state index in [0.29, 0.717) is 12.0 Å². The fourth-order valence-electron chi connectivity index (χ4n) is 6.45. The van der Waals surface area contributed by atoms with Crippen molar-refractivity contribution in [2.45, 2.75) is 226 Å². The lowest BCUT2D eigenvalue weighted by molar-refractivity contribution is 0.435. The molecule has 0 saturated carbocycles. The second-order valence-electron chi connectivity index (χ2n) is 13.4. The minimum atomic E-state index is 0.585. The fraction of sp³-hybridized carbons (Fsp3) is 0.921. The average molecular weight is 559 g/mol. The Labute approximate surface area is 253 Å². The maximum atomic E-state index is 4.80. The lowest BCUT2D eigenvalue weighted by Gasteiger charge is -2.20. The summed E-state index contributed by atoms with van der Waals surface area (Å²) in [4.78, 5) is 4.80. The Morgan fingerprint density at radius 1 is 0.475 bits per heavy atom. The highest BCUT2D eigenvalue weighted by Crippen LogP contribution is 2.26. The Hall–Kier alpha value is -0.790. The summed E-state index contributed by atoms with van der Waals surface area (Å²) >= 11 is 0. The van der Waals surface area contributed by atoms with Crippen molar-refractivity contribution in [1.82, 2.24) is 9.55 Å². The van der Waals surface area contributed by atoms with E-state index in [1.807, 2.05) is 6.20 Å². The van der Waals surface area contributed by atoms with Crippen LogP contribution < -0.4 is 0 Å². The Morgan fingerprint density at radius 2 is 0.800 bits per heavy atom. The molecule has 2 nitrogen and oxygen atoms in total. The van der Waals surface area contributed by atoms with Crippen molar-refractivity contribution < 1.29 is 0 Å². The van der Waals surface area contributed by atoms with Gasteiger partial charge in [0.2, 0.25) is 0 Å². The van der Waals surface area contributed by atoms with E-state index in [1.54, 1.807) is 0 Å². The van der Waals surface area contributed by atoms with Crippen LogP contribution in [0.3, 0.4) is 0 Å². The Kier molecular flexibility index (Phi) is 26.4. The molecule has 1 aromatic heterocycles. The summed E-state index contributed by atoms with van der Waals surface area (Å²) in [6, 6.07) is 0.587.